The molecule has 5 nitrogen and oxygen atoms in total. The van der Waals surface area contributed by atoms with Gasteiger partial charge in [0, 0.05) is 19.2 Å². The van der Waals surface area contributed by atoms with E-state index in [1.54, 1.807) is 19.4 Å². The van der Waals surface area contributed by atoms with Gasteiger partial charge in [0.2, 0.25) is 0 Å². The molecule has 0 saturated carbocycles. The van der Waals surface area contributed by atoms with Crippen LogP contribution in [0.3, 0.4) is 0 Å². The van der Waals surface area contributed by atoms with Crippen LogP contribution >= 0.6 is 0 Å². The third-order valence-electron chi connectivity index (χ3n) is 3.15. The molecule has 0 amide bonds. The molecule has 1 rings (SSSR count). The Hall–Kier alpha value is -1.56. The summed E-state index contributed by atoms with van der Waals surface area (Å²) in [5.41, 5.74) is 1.89. The Labute approximate surface area is 126 Å². The Balaban J connectivity index is 2.43. The van der Waals surface area contributed by atoms with Gasteiger partial charge in [-0.1, -0.05) is 24.6 Å². The summed E-state index contributed by atoms with van der Waals surface area (Å²) in [5, 5.41) is 10.1. The van der Waals surface area contributed by atoms with Gasteiger partial charge < -0.3 is 14.6 Å². The van der Waals surface area contributed by atoms with E-state index in [9.17, 15) is 5.11 Å². The van der Waals surface area contributed by atoms with E-state index in [-0.39, 0.29) is 12.0 Å². The molecular weight excluding hydrogens is 268 g/mol. The number of ether oxygens (including phenoxy) is 2. The van der Waals surface area contributed by atoms with Gasteiger partial charge in [0.25, 0.3) is 0 Å². The third-order valence-corrected chi connectivity index (χ3v) is 3.15. The van der Waals surface area contributed by atoms with Crippen molar-refractivity contribution >= 4 is 0 Å². The number of aromatic nitrogens is 2. The second-order valence-corrected chi connectivity index (χ2v) is 4.99. The zero-order valence-electron chi connectivity index (χ0n) is 12.9. The highest BCUT2D eigenvalue weighted by Gasteiger charge is 2.20. The molecule has 0 bridgehead atoms. The van der Waals surface area contributed by atoms with Crippen molar-refractivity contribution in [2.75, 3.05) is 13.7 Å². The minimum Gasteiger partial charge on any atom is -0.389 e. The molecule has 1 aromatic heterocycles. The van der Waals surface area contributed by atoms with Gasteiger partial charge in [-0.2, -0.15) is 0 Å². The molecule has 0 fully saturated rings. The summed E-state index contributed by atoms with van der Waals surface area (Å²) in [7, 11) is 1.56. The van der Waals surface area contributed by atoms with Gasteiger partial charge in [-0.05, 0) is 13.0 Å². The van der Waals surface area contributed by atoms with Gasteiger partial charge in [0.05, 0.1) is 25.0 Å². The summed E-state index contributed by atoms with van der Waals surface area (Å²) in [5.74, 6) is -0.0457. The maximum Gasteiger partial charge on any atom is 0.115 e. The Morgan fingerprint density at radius 1 is 1.52 bits per heavy atom. The van der Waals surface area contributed by atoms with E-state index in [0.29, 0.717) is 13.2 Å². The summed E-state index contributed by atoms with van der Waals surface area (Å²) in [6.45, 7) is 8.50. The first kappa shape index (κ1) is 17.5. The van der Waals surface area contributed by atoms with Crippen LogP contribution in [-0.4, -0.2) is 41.0 Å². The van der Waals surface area contributed by atoms with Crippen molar-refractivity contribution in [2.45, 2.75) is 32.7 Å². The molecule has 1 N–H and O–H groups in total. The lowest BCUT2D eigenvalue weighted by Crippen LogP contribution is -2.31. The van der Waals surface area contributed by atoms with Crippen LogP contribution in [0, 0.1) is 5.92 Å². The van der Waals surface area contributed by atoms with Crippen LogP contribution in [0.2, 0.25) is 0 Å². The van der Waals surface area contributed by atoms with Gasteiger partial charge in [-0.15, -0.1) is 6.58 Å². The molecular formula is C16H24N2O3. The topological polar surface area (TPSA) is 64.5 Å². The minimum atomic E-state index is -0.621. The normalized spacial score (nSPS) is 16.3. The number of rotatable bonds is 9. The monoisotopic (exact) mass is 292 g/mol. The largest absolute Gasteiger partial charge is 0.389 e. The zero-order valence-corrected chi connectivity index (χ0v) is 12.9. The van der Waals surface area contributed by atoms with E-state index >= 15 is 0 Å². The molecule has 0 radical (unpaired) electrons. The number of methoxy groups -OCH3 is 1. The highest BCUT2D eigenvalue weighted by Crippen LogP contribution is 2.14. The fourth-order valence-electron chi connectivity index (χ4n) is 1.99. The van der Waals surface area contributed by atoms with Crippen molar-refractivity contribution < 1.29 is 14.6 Å². The summed E-state index contributed by atoms with van der Waals surface area (Å²) in [4.78, 5) is 7.94. The molecule has 1 aromatic rings. The summed E-state index contributed by atoms with van der Waals surface area (Å²) in [6, 6.07) is 1.82. The van der Waals surface area contributed by atoms with Crippen molar-refractivity contribution in [3.63, 3.8) is 0 Å². The summed E-state index contributed by atoms with van der Waals surface area (Å²) >= 11 is 0. The molecule has 0 aliphatic heterocycles. The van der Waals surface area contributed by atoms with Crippen LogP contribution in [0.15, 0.2) is 42.9 Å². The molecule has 5 heteroatoms. The van der Waals surface area contributed by atoms with Crippen LogP contribution in [0.25, 0.3) is 0 Å². The van der Waals surface area contributed by atoms with Crippen LogP contribution < -0.4 is 0 Å². The van der Waals surface area contributed by atoms with Gasteiger partial charge >= 0.3 is 0 Å². The fourth-order valence-corrected chi connectivity index (χ4v) is 1.99. The molecule has 21 heavy (non-hydrogen) atoms. The van der Waals surface area contributed by atoms with Crippen molar-refractivity contribution in [3.05, 3.63) is 48.6 Å². The maximum absolute atomic E-state index is 10.1. The van der Waals surface area contributed by atoms with Crippen LogP contribution in [0.5, 0.6) is 0 Å². The van der Waals surface area contributed by atoms with Crippen LogP contribution in [-0.2, 0) is 16.1 Å². The van der Waals surface area contributed by atoms with Crippen molar-refractivity contribution in [1.82, 2.24) is 9.97 Å². The Kier molecular flexibility index (Phi) is 7.82. The highest BCUT2D eigenvalue weighted by atomic mass is 16.5. The summed E-state index contributed by atoms with van der Waals surface area (Å²) in [6.07, 6.45) is 5.79. The second kappa shape index (κ2) is 9.39. The lowest BCUT2D eigenvalue weighted by molar-refractivity contribution is -0.00171. The Bertz CT molecular complexity index is 448. The molecule has 0 aliphatic rings. The van der Waals surface area contributed by atoms with E-state index in [4.69, 9.17) is 9.47 Å². The van der Waals surface area contributed by atoms with E-state index in [1.165, 1.54) is 6.33 Å². The first-order valence-electron chi connectivity index (χ1n) is 6.91. The molecule has 0 aliphatic carbocycles. The predicted octanol–water partition coefficient (Wildman–Crippen LogP) is 2.14. The first-order valence-corrected chi connectivity index (χ1v) is 6.91. The van der Waals surface area contributed by atoms with Crippen molar-refractivity contribution in [3.8, 4) is 0 Å². The SMILES string of the molecule is C=C[C@H](OC)[C@@H](O)[C@H](C)/C=C(/C)COCc1ccncn1. The summed E-state index contributed by atoms with van der Waals surface area (Å²) < 4.78 is 10.7. The van der Waals surface area contributed by atoms with Crippen molar-refractivity contribution in [2.24, 2.45) is 5.92 Å². The first-order chi connectivity index (χ1) is 10.1. The number of nitrogens with zero attached hydrogens (tertiary/aromatic N) is 2. The minimum absolute atomic E-state index is 0.0457. The second-order valence-electron chi connectivity index (χ2n) is 4.99. The van der Waals surface area contributed by atoms with E-state index < -0.39 is 6.10 Å². The Morgan fingerprint density at radius 2 is 2.29 bits per heavy atom. The quantitative estimate of drug-likeness (QED) is 0.706. The van der Waals surface area contributed by atoms with E-state index in [1.807, 2.05) is 26.0 Å². The van der Waals surface area contributed by atoms with E-state index in [2.05, 4.69) is 16.5 Å². The predicted molar refractivity (Wildman–Crippen MR) is 81.6 cm³/mol. The zero-order chi connectivity index (χ0) is 15.7. The molecule has 3 atom stereocenters. The molecule has 0 saturated heterocycles. The third kappa shape index (κ3) is 6.16. The van der Waals surface area contributed by atoms with Crippen LogP contribution in [0.4, 0.5) is 0 Å². The standard InChI is InChI=1S/C16H24N2O3/c1-5-15(20-4)16(19)13(3)8-12(2)9-21-10-14-6-7-17-11-18-14/h5-8,11,13,15-16,19H,1,9-10H2,2-4H3/b12-8-/t13-,15+,16+/m1/s1. The molecule has 0 aromatic carbocycles. The maximum atomic E-state index is 10.1. The number of hydrogen-bond acceptors (Lipinski definition) is 5. The molecule has 0 spiro atoms. The molecule has 1 heterocycles. The smallest absolute Gasteiger partial charge is 0.115 e. The van der Waals surface area contributed by atoms with Gasteiger partial charge in [0.15, 0.2) is 0 Å². The average Bonchev–Trinajstić information content (AvgIpc) is 2.49. The van der Waals surface area contributed by atoms with Gasteiger partial charge in [-0.3, -0.25) is 0 Å². The average molecular weight is 292 g/mol. The van der Waals surface area contributed by atoms with Crippen LogP contribution in [0.1, 0.15) is 19.5 Å². The van der Waals surface area contributed by atoms with Gasteiger partial charge in [0.1, 0.15) is 12.4 Å². The Morgan fingerprint density at radius 3 is 2.86 bits per heavy atom. The lowest BCUT2D eigenvalue weighted by atomic mass is 9.97. The molecule has 0 unspecified atom stereocenters. The van der Waals surface area contributed by atoms with Gasteiger partial charge in [-0.25, -0.2) is 9.97 Å². The lowest BCUT2D eigenvalue weighted by Gasteiger charge is -2.22. The van der Waals surface area contributed by atoms with E-state index in [0.717, 1.165) is 11.3 Å². The number of aliphatic hydroxyl groups excluding tert-OH is 1. The molecule has 116 valence electrons. The number of aliphatic hydroxyl groups is 1. The van der Waals surface area contributed by atoms with Crippen molar-refractivity contribution in [1.29, 1.82) is 0 Å². The highest BCUT2D eigenvalue weighted by molar-refractivity contribution is 5.05. The number of hydrogen-bond donors (Lipinski definition) is 1. The fraction of sp³-hybridized carbons (Fsp3) is 0.500.